The van der Waals surface area contributed by atoms with Crippen molar-refractivity contribution < 1.29 is 9.84 Å². The second-order valence-corrected chi connectivity index (χ2v) is 6.55. The van der Waals surface area contributed by atoms with E-state index in [1.165, 1.54) is 32.1 Å². The molecule has 0 spiro atoms. The molecule has 4 saturated carbocycles. The molecular weight excluding hydrogens is 212 g/mol. The van der Waals surface area contributed by atoms with Gasteiger partial charge in [0.1, 0.15) is 0 Å². The van der Waals surface area contributed by atoms with Gasteiger partial charge in [0.2, 0.25) is 0 Å². The van der Waals surface area contributed by atoms with E-state index in [0.717, 1.165) is 17.8 Å². The van der Waals surface area contributed by atoms with Crippen LogP contribution in [0.5, 0.6) is 0 Å². The standard InChI is InChI=1S/C15H24O2/c1-10(2)14-12-5-11-6-13(14)9-15(7-11,8-12)17-4-3-16/h11-13,16H,3-9H2,1-2H3. The number of allylic oxidation sites excluding steroid dienone is 2. The summed E-state index contributed by atoms with van der Waals surface area (Å²) in [5.74, 6) is 2.45. The Hall–Kier alpha value is -0.340. The average molecular weight is 236 g/mol. The fraction of sp³-hybridized carbons (Fsp3) is 0.867. The summed E-state index contributed by atoms with van der Waals surface area (Å²) in [5, 5.41) is 8.97. The lowest BCUT2D eigenvalue weighted by atomic mass is 9.51. The Labute approximate surface area is 104 Å². The molecular formula is C15H24O2. The summed E-state index contributed by atoms with van der Waals surface area (Å²) in [7, 11) is 0. The van der Waals surface area contributed by atoms with E-state index in [0.29, 0.717) is 6.61 Å². The molecule has 4 bridgehead atoms. The van der Waals surface area contributed by atoms with E-state index >= 15 is 0 Å². The van der Waals surface area contributed by atoms with E-state index in [-0.39, 0.29) is 12.2 Å². The van der Waals surface area contributed by atoms with Crippen LogP contribution in [0.1, 0.15) is 46.0 Å². The highest BCUT2D eigenvalue weighted by atomic mass is 16.5. The second kappa shape index (κ2) is 4.10. The minimum absolute atomic E-state index is 0.123. The van der Waals surface area contributed by atoms with Crippen molar-refractivity contribution in [3.05, 3.63) is 11.1 Å². The molecule has 0 radical (unpaired) electrons. The maximum atomic E-state index is 8.97. The molecule has 96 valence electrons. The van der Waals surface area contributed by atoms with Crippen LogP contribution in [0.4, 0.5) is 0 Å². The first-order valence-electron chi connectivity index (χ1n) is 7.05. The van der Waals surface area contributed by atoms with Crippen molar-refractivity contribution in [2.24, 2.45) is 17.8 Å². The molecule has 0 aromatic heterocycles. The van der Waals surface area contributed by atoms with Crippen LogP contribution in [0.2, 0.25) is 0 Å². The van der Waals surface area contributed by atoms with Gasteiger partial charge >= 0.3 is 0 Å². The maximum absolute atomic E-state index is 8.97. The van der Waals surface area contributed by atoms with Crippen LogP contribution in [-0.2, 0) is 4.74 Å². The van der Waals surface area contributed by atoms with Crippen LogP contribution in [0.25, 0.3) is 0 Å². The van der Waals surface area contributed by atoms with Crippen LogP contribution in [0, 0.1) is 17.8 Å². The molecule has 4 aliphatic rings. The Balaban J connectivity index is 1.84. The molecule has 4 aliphatic carbocycles. The Morgan fingerprint density at radius 1 is 1.24 bits per heavy atom. The van der Waals surface area contributed by atoms with Gasteiger partial charge < -0.3 is 9.84 Å². The first-order chi connectivity index (χ1) is 8.13. The second-order valence-electron chi connectivity index (χ2n) is 6.55. The zero-order chi connectivity index (χ0) is 12.0. The minimum Gasteiger partial charge on any atom is -0.394 e. The molecule has 4 rings (SSSR count). The van der Waals surface area contributed by atoms with Crippen LogP contribution in [-0.4, -0.2) is 23.9 Å². The van der Waals surface area contributed by atoms with Crippen molar-refractivity contribution in [2.75, 3.05) is 13.2 Å². The van der Waals surface area contributed by atoms with Crippen molar-refractivity contribution >= 4 is 0 Å². The molecule has 2 nitrogen and oxygen atoms in total. The van der Waals surface area contributed by atoms with Crippen LogP contribution >= 0.6 is 0 Å². The van der Waals surface area contributed by atoms with Crippen molar-refractivity contribution in [3.63, 3.8) is 0 Å². The third kappa shape index (κ3) is 1.86. The molecule has 4 fully saturated rings. The number of hydrogen-bond donors (Lipinski definition) is 1. The molecule has 0 aliphatic heterocycles. The highest BCUT2D eigenvalue weighted by molar-refractivity contribution is 5.27. The zero-order valence-electron chi connectivity index (χ0n) is 11.0. The van der Waals surface area contributed by atoms with Gasteiger partial charge in [0.15, 0.2) is 0 Å². The van der Waals surface area contributed by atoms with Crippen molar-refractivity contribution in [2.45, 2.75) is 51.6 Å². The molecule has 17 heavy (non-hydrogen) atoms. The van der Waals surface area contributed by atoms with Gasteiger partial charge in [0, 0.05) is 0 Å². The third-order valence-corrected chi connectivity index (χ3v) is 5.09. The summed E-state index contributed by atoms with van der Waals surface area (Å²) in [6.07, 6.45) is 6.44. The van der Waals surface area contributed by atoms with E-state index in [2.05, 4.69) is 13.8 Å². The summed E-state index contributed by atoms with van der Waals surface area (Å²) in [6, 6.07) is 0. The Bertz CT molecular complexity index is 323. The van der Waals surface area contributed by atoms with Gasteiger partial charge in [-0.15, -0.1) is 0 Å². The molecule has 2 unspecified atom stereocenters. The van der Waals surface area contributed by atoms with E-state index in [9.17, 15) is 0 Å². The predicted octanol–water partition coefficient (Wildman–Crippen LogP) is 2.91. The molecule has 1 N–H and O–H groups in total. The number of rotatable bonds is 3. The molecule has 0 aromatic carbocycles. The lowest BCUT2D eigenvalue weighted by Gasteiger charge is -2.58. The molecule has 0 amide bonds. The molecule has 0 saturated heterocycles. The predicted molar refractivity (Wildman–Crippen MR) is 67.7 cm³/mol. The fourth-order valence-corrected chi connectivity index (χ4v) is 4.97. The van der Waals surface area contributed by atoms with Crippen LogP contribution < -0.4 is 0 Å². The average Bonchev–Trinajstić information content (AvgIpc) is 2.24. The Morgan fingerprint density at radius 3 is 2.41 bits per heavy atom. The summed E-state index contributed by atoms with van der Waals surface area (Å²) in [6.45, 7) is 5.24. The van der Waals surface area contributed by atoms with Gasteiger partial charge in [-0.25, -0.2) is 0 Å². The van der Waals surface area contributed by atoms with E-state index < -0.39 is 0 Å². The summed E-state index contributed by atoms with van der Waals surface area (Å²) >= 11 is 0. The SMILES string of the molecule is CC(C)=C1C2CC3CC1CC(OCCO)(C3)C2. The summed E-state index contributed by atoms with van der Waals surface area (Å²) in [4.78, 5) is 0. The van der Waals surface area contributed by atoms with Crippen molar-refractivity contribution in [1.82, 2.24) is 0 Å². The Morgan fingerprint density at radius 2 is 1.88 bits per heavy atom. The van der Waals surface area contributed by atoms with E-state index in [1.54, 1.807) is 11.1 Å². The molecule has 0 heterocycles. The highest BCUT2D eigenvalue weighted by Crippen LogP contribution is 2.59. The van der Waals surface area contributed by atoms with Gasteiger partial charge in [-0.05, 0) is 63.7 Å². The van der Waals surface area contributed by atoms with Crippen molar-refractivity contribution in [3.8, 4) is 0 Å². The number of hydrogen-bond acceptors (Lipinski definition) is 2. The molecule has 2 heteroatoms. The van der Waals surface area contributed by atoms with E-state index in [1.807, 2.05) is 0 Å². The van der Waals surface area contributed by atoms with E-state index in [4.69, 9.17) is 9.84 Å². The lowest BCUT2D eigenvalue weighted by molar-refractivity contribution is -0.149. The molecule has 2 atom stereocenters. The van der Waals surface area contributed by atoms with Crippen molar-refractivity contribution in [1.29, 1.82) is 0 Å². The number of ether oxygens (including phenoxy) is 1. The first-order valence-corrected chi connectivity index (χ1v) is 7.05. The van der Waals surface area contributed by atoms with Gasteiger partial charge in [-0.2, -0.15) is 0 Å². The van der Waals surface area contributed by atoms with Gasteiger partial charge in [0.05, 0.1) is 18.8 Å². The quantitative estimate of drug-likeness (QED) is 0.763. The normalized spacial score (nSPS) is 43.2. The number of aliphatic hydroxyl groups excluding tert-OH is 1. The van der Waals surface area contributed by atoms with Gasteiger partial charge in [0.25, 0.3) is 0 Å². The Kier molecular flexibility index (Phi) is 2.83. The monoisotopic (exact) mass is 236 g/mol. The zero-order valence-corrected chi connectivity index (χ0v) is 11.0. The lowest BCUT2D eigenvalue weighted by Crippen LogP contribution is -2.53. The third-order valence-electron chi connectivity index (χ3n) is 5.09. The van der Waals surface area contributed by atoms with Gasteiger partial charge in [-0.1, -0.05) is 11.1 Å². The maximum Gasteiger partial charge on any atom is 0.0705 e. The molecule has 0 aromatic rings. The first kappa shape index (κ1) is 11.7. The fourth-order valence-electron chi connectivity index (χ4n) is 4.97. The van der Waals surface area contributed by atoms with Gasteiger partial charge in [-0.3, -0.25) is 0 Å². The highest BCUT2D eigenvalue weighted by Gasteiger charge is 2.53. The largest absolute Gasteiger partial charge is 0.394 e. The number of aliphatic hydroxyl groups is 1. The van der Waals surface area contributed by atoms with Crippen LogP contribution in [0.15, 0.2) is 11.1 Å². The van der Waals surface area contributed by atoms with Crippen LogP contribution in [0.3, 0.4) is 0 Å². The minimum atomic E-state index is 0.123. The smallest absolute Gasteiger partial charge is 0.0705 e. The topological polar surface area (TPSA) is 29.5 Å². The summed E-state index contributed by atoms with van der Waals surface area (Å²) < 4.78 is 6.05. The summed E-state index contributed by atoms with van der Waals surface area (Å²) in [5.41, 5.74) is 3.43.